The highest BCUT2D eigenvalue weighted by Crippen LogP contribution is 2.21. The zero-order chi connectivity index (χ0) is 14.1. The van der Waals surface area contributed by atoms with Crippen LogP contribution >= 0.6 is 0 Å². The summed E-state index contributed by atoms with van der Waals surface area (Å²) in [6.07, 6.45) is 3.72. The van der Waals surface area contributed by atoms with Gasteiger partial charge in [0.1, 0.15) is 5.69 Å². The standard InChI is InChI=1S/C17H12N4/c1-2-6-13(7-3-1)15-12-21(20-19-15)16-10-4-8-14-9-5-11-18-17(14)16/h1-12H. The van der Waals surface area contributed by atoms with Crippen molar-refractivity contribution in [2.75, 3.05) is 0 Å². The molecule has 0 atom stereocenters. The van der Waals surface area contributed by atoms with E-state index in [0.717, 1.165) is 27.8 Å². The van der Waals surface area contributed by atoms with Gasteiger partial charge >= 0.3 is 0 Å². The minimum Gasteiger partial charge on any atom is -0.254 e. The molecule has 2 heterocycles. The Labute approximate surface area is 121 Å². The fraction of sp³-hybridized carbons (Fsp3) is 0. The molecule has 0 aliphatic heterocycles. The normalized spacial score (nSPS) is 10.9. The van der Waals surface area contributed by atoms with Crippen LogP contribution in [0, 0.1) is 0 Å². The van der Waals surface area contributed by atoms with Crippen LogP contribution in [0.15, 0.2) is 73.1 Å². The number of rotatable bonds is 2. The molecule has 0 saturated carbocycles. The fourth-order valence-electron chi connectivity index (χ4n) is 2.40. The third kappa shape index (κ3) is 2.07. The Morgan fingerprint density at radius 3 is 2.57 bits per heavy atom. The third-order valence-corrected chi connectivity index (χ3v) is 3.42. The number of fused-ring (bicyclic) bond motifs is 1. The molecule has 0 saturated heterocycles. The van der Waals surface area contributed by atoms with Crippen LogP contribution in [-0.4, -0.2) is 20.0 Å². The summed E-state index contributed by atoms with van der Waals surface area (Å²) in [7, 11) is 0. The number of hydrogen-bond acceptors (Lipinski definition) is 3. The zero-order valence-corrected chi connectivity index (χ0v) is 11.2. The van der Waals surface area contributed by atoms with Crippen LogP contribution in [0.2, 0.25) is 0 Å². The number of benzene rings is 2. The van der Waals surface area contributed by atoms with Gasteiger partial charge in [-0.15, -0.1) is 5.10 Å². The Bertz CT molecular complexity index is 891. The van der Waals surface area contributed by atoms with E-state index in [0.29, 0.717) is 0 Å². The van der Waals surface area contributed by atoms with Gasteiger partial charge in [0.05, 0.1) is 17.4 Å². The highest BCUT2D eigenvalue weighted by molar-refractivity contribution is 5.86. The molecule has 0 amide bonds. The third-order valence-electron chi connectivity index (χ3n) is 3.42. The van der Waals surface area contributed by atoms with E-state index in [1.54, 1.807) is 10.9 Å². The number of aromatic nitrogens is 4. The van der Waals surface area contributed by atoms with Crippen molar-refractivity contribution in [3.05, 3.63) is 73.1 Å². The average molecular weight is 272 g/mol. The van der Waals surface area contributed by atoms with Crippen molar-refractivity contribution in [1.29, 1.82) is 0 Å². The van der Waals surface area contributed by atoms with Gasteiger partial charge in [-0.05, 0) is 12.1 Å². The summed E-state index contributed by atoms with van der Waals surface area (Å²) in [4.78, 5) is 4.45. The van der Waals surface area contributed by atoms with Gasteiger partial charge in [-0.1, -0.05) is 53.7 Å². The van der Waals surface area contributed by atoms with Crippen molar-refractivity contribution < 1.29 is 0 Å². The summed E-state index contributed by atoms with van der Waals surface area (Å²) in [6.45, 7) is 0. The molecular formula is C17H12N4. The lowest BCUT2D eigenvalue weighted by Crippen LogP contribution is -1.97. The number of para-hydroxylation sites is 1. The van der Waals surface area contributed by atoms with Crippen LogP contribution < -0.4 is 0 Å². The molecule has 0 N–H and O–H groups in total. The smallest absolute Gasteiger partial charge is 0.113 e. The molecule has 2 aromatic heterocycles. The van der Waals surface area contributed by atoms with Crippen LogP contribution in [0.5, 0.6) is 0 Å². The summed E-state index contributed by atoms with van der Waals surface area (Å²) in [5.41, 5.74) is 3.76. The minimum atomic E-state index is 0.850. The van der Waals surface area contributed by atoms with E-state index in [2.05, 4.69) is 15.3 Å². The van der Waals surface area contributed by atoms with Crippen LogP contribution in [0.4, 0.5) is 0 Å². The lowest BCUT2D eigenvalue weighted by atomic mass is 10.2. The molecule has 0 aliphatic rings. The Hall–Kier alpha value is -3.01. The van der Waals surface area contributed by atoms with Gasteiger partial charge in [0.15, 0.2) is 0 Å². The second-order valence-electron chi connectivity index (χ2n) is 4.77. The van der Waals surface area contributed by atoms with Gasteiger partial charge in [0.2, 0.25) is 0 Å². The second-order valence-corrected chi connectivity index (χ2v) is 4.77. The molecule has 4 aromatic rings. The SMILES string of the molecule is c1ccc(-c2cn(-c3cccc4cccnc34)nn2)cc1. The topological polar surface area (TPSA) is 43.6 Å². The maximum Gasteiger partial charge on any atom is 0.113 e. The first-order valence-electron chi connectivity index (χ1n) is 6.74. The molecule has 4 rings (SSSR count). The molecule has 0 bridgehead atoms. The van der Waals surface area contributed by atoms with Crippen molar-refractivity contribution in [3.8, 4) is 16.9 Å². The Kier molecular flexibility index (Phi) is 2.71. The number of pyridine rings is 1. The first-order chi connectivity index (χ1) is 10.4. The predicted molar refractivity (Wildman–Crippen MR) is 82.1 cm³/mol. The fourth-order valence-corrected chi connectivity index (χ4v) is 2.40. The summed E-state index contributed by atoms with van der Waals surface area (Å²) in [5.74, 6) is 0. The molecule has 4 heteroatoms. The largest absolute Gasteiger partial charge is 0.254 e. The van der Waals surface area contributed by atoms with Gasteiger partial charge in [0.25, 0.3) is 0 Å². The summed E-state index contributed by atoms with van der Waals surface area (Å²) in [6, 6.07) is 20.0. The molecule has 0 fully saturated rings. The van der Waals surface area contributed by atoms with Crippen LogP contribution in [0.25, 0.3) is 27.8 Å². The molecule has 100 valence electrons. The Morgan fingerprint density at radius 1 is 0.810 bits per heavy atom. The Balaban J connectivity index is 1.85. The van der Waals surface area contributed by atoms with E-state index < -0.39 is 0 Å². The molecule has 2 aromatic carbocycles. The van der Waals surface area contributed by atoms with Crippen LogP contribution in [-0.2, 0) is 0 Å². The summed E-state index contributed by atoms with van der Waals surface area (Å²) >= 11 is 0. The van der Waals surface area contributed by atoms with Gasteiger partial charge in [-0.25, -0.2) is 4.68 Å². The van der Waals surface area contributed by atoms with Crippen molar-refractivity contribution in [1.82, 2.24) is 20.0 Å². The highest BCUT2D eigenvalue weighted by Gasteiger charge is 2.08. The summed E-state index contributed by atoms with van der Waals surface area (Å²) in [5, 5.41) is 9.58. The van der Waals surface area contributed by atoms with Crippen molar-refractivity contribution in [2.24, 2.45) is 0 Å². The van der Waals surface area contributed by atoms with E-state index in [1.165, 1.54) is 0 Å². The van der Waals surface area contributed by atoms with Crippen molar-refractivity contribution in [2.45, 2.75) is 0 Å². The van der Waals surface area contributed by atoms with Gasteiger partial charge in [-0.3, -0.25) is 4.98 Å². The Morgan fingerprint density at radius 2 is 1.67 bits per heavy atom. The number of hydrogen-bond donors (Lipinski definition) is 0. The van der Waals surface area contributed by atoms with Crippen LogP contribution in [0.1, 0.15) is 0 Å². The monoisotopic (exact) mass is 272 g/mol. The second kappa shape index (κ2) is 4.83. The van der Waals surface area contributed by atoms with E-state index in [9.17, 15) is 0 Å². The van der Waals surface area contributed by atoms with Gasteiger partial charge in [-0.2, -0.15) is 0 Å². The van der Waals surface area contributed by atoms with E-state index in [1.807, 2.05) is 66.9 Å². The molecule has 0 unspecified atom stereocenters. The highest BCUT2D eigenvalue weighted by atomic mass is 15.4. The molecular weight excluding hydrogens is 260 g/mol. The zero-order valence-electron chi connectivity index (χ0n) is 11.2. The van der Waals surface area contributed by atoms with Crippen molar-refractivity contribution in [3.63, 3.8) is 0 Å². The van der Waals surface area contributed by atoms with E-state index in [4.69, 9.17) is 0 Å². The van der Waals surface area contributed by atoms with Crippen molar-refractivity contribution >= 4 is 10.9 Å². The van der Waals surface area contributed by atoms with Crippen LogP contribution in [0.3, 0.4) is 0 Å². The van der Waals surface area contributed by atoms with E-state index >= 15 is 0 Å². The maximum absolute atomic E-state index is 4.45. The first kappa shape index (κ1) is 11.8. The predicted octanol–water partition coefficient (Wildman–Crippen LogP) is 3.48. The van der Waals surface area contributed by atoms with Gasteiger partial charge in [0, 0.05) is 17.1 Å². The average Bonchev–Trinajstić information content (AvgIpc) is 3.05. The molecule has 0 aliphatic carbocycles. The minimum absolute atomic E-state index is 0.850. The maximum atomic E-state index is 4.45. The molecule has 0 spiro atoms. The molecule has 21 heavy (non-hydrogen) atoms. The first-order valence-corrected chi connectivity index (χ1v) is 6.74. The summed E-state index contributed by atoms with van der Waals surface area (Å²) < 4.78 is 1.78. The van der Waals surface area contributed by atoms with Gasteiger partial charge < -0.3 is 0 Å². The van der Waals surface area contributed by atoms with E-state index in [-0.39, 0.29) is 0 Å². The number of nitrogens with zero attached hydrogens (tertiary/aromatic N) is 4. The molecule has 0 radical (unpaired) electrons. The molecule has 4 nitrogen and oxygen atoms in total. The quantitative estimate of drug-likeness (QED) is 0.561. The lowest BCUT2D eigenvalue weighted by Gasteiger charge is -2.04. The lowest BCUT2D eigenvalue weighted by molar-refractivity contribution is 0.807.